The Balaban J connectivity index is 2.09. The van der Waals surface area contributed by atoms with Crippen LogP contribution in [0.1, 0.15) is 33.1 Å². The molecule has 0 atom stereocenters. The van der Waals surface area contributed by atoms with Crippen LogP contribution < -0.4 is 5.32 Å². The van der Waals surface area contributed by atoms with Crippen molar-refractivity contribution in [2.75, 3.05) is 26.2 Å². The molecule has 2 aliphatic heterocycles. The normalized spacial score (nSPS) is 24.5. The van der Waals surface area contributed by atoms with Crippen LogP contribution in [0, 0.1) is 0 Å². The van der Waals surface area contributed by atoms with Gasteiger partial charge in [0.05, 0.1) is 0 Å². The highest BCUT2D eigenvalue weighted by molar-refractivity contribution is 5.91. The van der Waals surface area contributed by atoms with Gasteiger partial charge in [-0.15, -0.1) is 0 Å². The Morgan fingerprint density at radius 3 is 2.47 bits per heavy atom. The third kappa shape index (κ3) is 2.23. The van der Waals surface area contributed by atoms with E-state index in [0.29, 0.717) is 13.1 Å². The quantitative estimate of drug-likeness (QED) is 0.680. The highest BCUT2D eigenvalue weighted by atomic mass is 16.2. The fourth-order valence-electron chi connectivity index (χ4n) is 2.49. The van der Waals surface area contributed by atoms with Gasteiger partial charge in [0.2, 0.25) is 5.91 Å². The number of hydrogen-bond acceptors (Lipinski definition) is 2. The first-order valence-electron chi connectivity index (χ1n) is 6.38. The summed E-state index contributed by atoms with van der Waals surface area (Å²) in [6, 6.07) is 0.0181. The number of nitrogens with one attached hydrogen (secondary N) is 1. The monoisotopic (exact) mass is 239 g/mol. The van der Waals surface area contributed by atoms with Gasteiger partial charge in [0.25, 0.3) is 0 Å². The molecule has 1 N–H and O–H groups in total. The highest BCUT2D eigenvalue weighted by Gasteiger charge is 2.42. The number of hydrogen-bond donors (Lipinski definition) is 1. The van der Waals surface area contributed by atoms with Crippen molar-refractivity contribution in [2.24, 2.45) is 0 Å². The molecule has 0 bridgehead atoms. The van der Waals surface area contributed by atoms with Gasteiger partial charge in [0.1, 0.15) is 5.54 Å². The van der Waals surface area contributed by atoms with Crippen molar-refractivity contribution in [3.8, 4) is 0 Å². The Morgan fingerprint density at radius 2 is 1.82 bits per heavy atom. The summed E-state index contributed by atoms with van der Waals surface area (Å²) in [5.41, 5.74) is -0.729. The lowest BCUT2D eigenvalue weighted by atomic mass is 9.99. The minimum absolute atomic E-state index is 0.0181. The van der Waals surface area contributed by atoms with Crippen LogP contribution in [-0.2, 0) is 4.79 Å². The second kappa shape index (κ2) is 4.55. The molecule has 5 nitrogen and oxygen atoms in total. The topological polar surface area (TPSA) is 52.7 Å². The summed E-state index contributed by atoms with van der Waals surface area (Å²) in [6.45, 7) is 6.43. The van der Waals surface area contributed by atoms with Gasteiger partial charge in [0.15, 0.2) is 0 Å². The van der Waals surface area contributed by atoms with Crippen LogP contribution in [0.15, 0.2) is 0 Å². The standard InChI is InChI=1S/C12H21N3O2/c1-12(2)10(16)13-6-9-15(12)11(17)14-7-4-3-5-8-14/h3-9H2,1-2H3,(H,13,16). The Labute approximate surface area is 102 Å². The number of carbonyl (C=O) groups is 2. The predicted molar refractivity (Wildman–Crippen MR) is 64.6 cm³/mol. The molecule has 2 saturated heterocycles. The minimum Gasteiger partial charge on any atom is -0.352 e. The zero-order chi connectivity index (χ0) is 12.5. The van der Waals surface area contributed by atoms with E-state index in [-0.39, 0.29) is 11.9 Å². The molecule has 0 saturated carbocycles. The lowest BCUT2D eigenvalue weighted by Gasteiger charge is -2.44. The number of carbonyl (C=O) groups excluding carboxylic acids is 2. The van der Waals surface area contributed by atoms with Gasteiger partial charge < -0.3 is 15.1 Å². The summed E-state index contributed by atoms with van der Waals surface area (Å²) in [4.78, 5) is 27.8. The van der Waals surface area contributed by atoms with Crippen LogP contribution in [0.5, 0.6) is 0 Å². The van der Waals surface area contributed by atoms with Crippen molar-refractivity contribution < 1.29 is 9.59 Å². The summed E-state index contributed by atoms with van der Waals surface area (Å²) >= 11 is 0. The van der Waals surface area contributed by atoms with E-state index >= 15 is 0 Å². The zero-order valence-electron chi connectivity index (χ0n) is 10.7. The molecule has 2 heterocycles. The molecule has 96 valence electrons. The van der Waals surface area contributed by atoms with Crippen LogP contribution in [-0.4, -0.2) is 53.5 Å². The Kier molecular flexibility index (Phi) is 3.26. The van der Waals surface area contributed by atoms with Crippen molar-refractivity contribution in [1.29, 1.82) is 0 Å². The number of piperazine rings is 1. The molecule has 0 radical (unpaired) electrons. The average Bonchev–Trinajstić information content (AvgIpc) is 2.33. The van der Waals surface area contributed by atoms with Gasteiger partial charge >= 0.3 is 6.03 Å². The number of nitrogens with zero attached hydrogens (tertiary/aromatic N) is 2. The van der Waals surface area contributed by atoms with Crippen LogP contribution in [0.2, 0.25) is 0 Å². The van der Waals surface area contributed by atoms with E-state index in [0.717, 1.165) is 25.9 Å². The van der Waals surface area contributed by atoms with E-state index < -0.39 is 5.54 Å². The van der Waals surface area contributed by atoms with Gasteiger partial charge in [-0.25, -0.2) is 4.79 Å². The van der Waals surface area contributed by atoms with Gasteiger partial charge in [-0.05, 0) is 33.1 Å². The Hall–Kier alpha value is -1.26. The largest absolute Gasteiger partial charge is 0.352 e. The summed E-state index contributed by atoms with van der Waals surface area (Å²) in [6.07, 6.45) is 3.35. The minimum atomic E-state index is -0.729. The molecule has 17 heavy (non-hydrogen) atoms. The molecule has 0 aromatic heterocycles. The molecule has 2 fully saturated rings. The molecule has 2 aliphatic rings. The highest BCUT2D eigenvalue weighted by Crippen LogP contribution is 2.21. The van der Waals surface area contributed by atoms with E-state index in [2.05, 4.69) is 5.32 Å². The first-order chi connectivity index (χ1) is 8.03. The number of rotatable bonds is 0. The molecule has 5 heteroatoms. The molecular weight excluding hydrogens is 218 g/mol. The lowest BCUT2D eigenvalue weighted by molar-refractivity contribution is -0.133. The lowest BCUT2D eigenvalue weighted by Crippen LogP contribution is -2.65. The van der Waals surface area contributed by atoms with E-state index in [1.807, 2.05) is 18.7 Å². The summed E-state index contributed by atoms with van der Waals surface area (Å²) in [5.74, 6) is -0.0610. The van der Waals surface area contributed by atoms with Crippen LogP contribution in [0.25, 0.3) is 0 Å². The fourth-order valence-corrected chi connectivity index (χ4v) is 2.49. The molecular formula is C12H21N3O2. The average molecular weight is 239 g/mol. The van der Waals surface area contributed by atoms with Crippen molar-refractivity contribution in [1.82, 2.24) is 15.1 Å². The van der Waals surface area contributed by atoms with Gasteiger partial charge in [-0.3, -0.25) is 4.79 Å². The SMILES string of the molecule is CC1(C)C(=O)NCCN1C(=O)N1CCCCC1. The zero-order valence-corrected chi connectivity index (χ0v) is 10.7. The number of piperidine rings is 1. The van der Waals surface area contributed by atoms with Crippen molar-refractivity contribution in [2.45, 2.75) is 38.6 Å². The Bertz CT molecular complexity index is 322. The first-order valence-corrected chi connectivity index (χ1v) is 6.38. The van der Waals surface area contributed by atoms with E-state index in [1.165, 1.54) is 6.42 Å². The molecule has 0 unspecified atom stereocenters. The van der Waals surface area contributed by atoms with E-state index in [9.17, 15) is 9.59 Å². The number of urea groups is 1. The van der Waals surface area contributed by atoms with Gasteiger partial charge in [-0.2, -0.15) is 0 Å². The predicted octanol–water partition coefficient (Wildman–Crippen LogP) is 0.803. The van der Waals surface area contributed by atoms with Gasteiger partial charge in [-0.1, -0.05) is 0 Å². The maximum absolute atomic E-state index is 12.4. The van der Waals surface area contributed by atoms with Crippen molar-refractivity contribution in [3.05, 3.63) is 0 Å². The first kappa shape index (κ1) is 12.2. The molecule has 2 rings (SSSR count). The summed E-state index contributed by atoms with van der Waals surface area (Å²) < 4.78 is 0. The van der Waals surface area contributed by atoms with Crippen molar-refractivity contribution in [3.63, 3.8) is 0 Å². The van der Waals surface area contributed by atoms with Gasteiger partial charge in [0, 0.05) is 26.2 Å². The van der Waals surface area contributed by atoms with Crippen LogP contribution >= 0.6 is 0 Å². The third-order valence-corrected chi connectivity index (χ3v) is 3.71. The summed E-state index contributed by atoms with van der Waals surface area (Å²) in [7, 11) is 0. The smallest absolute Gasteiger partial charge is 0.320 e. The molecule has 3 amide bonds. The van der Waals surface area contributed by atoms with Crippen LogP contribution in [0.4, 0.5) is 4.79 Å². The second-order valence-electron chi connectivity index (χ2n) is 5.30. The molecule has 0 aliphatic carbocycles. The van der Waals surface area contributed by atoms with E-state index in [4.69, 9.17) is 0 Å². The summed E-state index contributed by atoms with van der Waals surface area (Å²) in [5, 5.41) is 2.81. The molecule has 0 aromatic rings. The van der Waals surface area contributed by atoms with E-state index in [1.54, 1.807) is 4.90 Å². The third-order valence-electron chi connectivity index (χ3n) is 3.71. The number of likely N-dealkylation sites (tertiary alicyclic amines) is 1. The number of amides is 3. The maximum atomic E-state index is 12.4. The molecule has 0 spiro atoms. The van der Waals surface area contributed by atoms with Crippen molar-refractivity contribution >= 4 is 11.9 Å². The Morgan fingerprint density at radius 1 is 1.18 bits per heavy atom. The van der Waals surface area contributed by atoms with Crippen LogP contribution in [0.3, 0.4) is 0 Å². The maximum Gasteiger partial charge on any atom is 0.320 e. The fraction of sp³-hybridized carbons (Fsp3) is 0.833. The second-order valence-corrected chi connectivity index (χ2v) is 5.30. The molecule has 0 aromatic carbocycles.